The van der Waals surface area contributed by atoms with E-state index in [0.717, 1.165) is 10.6 Å². The smallest absolute Gasteiger partial charge is 0.264 e. The van der Waals surface area contributed by atoms with Crippen LogP contribution in [0.4, 0.5) is 0 Å². The first-order valence-corrected chi connectivity index (χ1v) is 4.45. The highest BCUT2D eigenvalue weighted by Crippen LogP contribution is 2.20. The number of ether oxygens (including phenoxy) is 1. The summed E-state index contributed by atoms with van der Waals surface area (Å²) in [5.74, 6) is 1.33. The van der Waals surface area contributed by atoms with Crippen LogP contribution < -0.4 is 4.74 Å². The van der Waals surface area contributed by atoms with E-state index in [1.54, 1.807) is 7.11 Å². The summed E-state index contributed by atoms with van der Waals surface area (Å²) in [6.07, 6.45) is 0. The predicted octanol–water partition coefficient (Wildman–Crippen LogP) is 2.66. The Kier molecular flexibility index (Phi) is 3.49. The van der Waals surface area contributed by atoms with E-state index >= 15 is 0 Å². The molecule has 0 aliphatic heterocycles. The van der Waals surface area contributed by atoms with Crippen LogP contribution in [-0.4, -0.2) is 13.0 Å². The second-order valence-corrected chi connectivity index (χ2v) is 3.13. The van der Waals surface area contributed by atoms with Gasteiger partial charge >= 0.3 is 0 Å². The van der Waals surface area contributed by atoms with Crippen LogP contribution in [0.25, 0.3) is 4.85 Å². The van der Waals surface area contributed by atoms with Crippen LogP contribution in [0.1, 0.15) is 0 Å². The van der Waals surface area contributed by atoms with E-state index in [-0.39, 0.29) is 0 Å². The van der Waals surface area contributed by atoms with E-state index in [9.17, 15) is 0 Å². The van der Waals surface area contributed by atoms with Gasteiger partial charge in [0.25, 0.3) is 5.88 Å². The van der Waals surface area contributed by atoms with Gasteiger partial charge in [0.2, 0.25) is 0 Å². The molecule has 0 atom stereocenters. The number of benzene rings is 1. The van der Waals surface area contributed by atoms with Crippen molar-refractivity contribution in [3.8, 4) is 5.75 Å². The molecule has 0 spiro atoms. The second-order valence-electron chi connectivity index (χ2n) is 2.11. The first kappa shape index (κ1) is 8.95. The van der Waals surface area contributed by atoms with Crippen molar-refractivity contribution < 1.29 is 4.74 Å². The molecule has 1 rings (SSSR count). The van der Waals surface area contributed by atoms with Crippen LogP contribution in [0.5, 0.6) is 5.75 Å². The third kappa shape index (κ3) is 2.48. The van der Waals surface area contributed by atoms with Gasteiger partial charge in [-0.15, -0.1) is 0 Å². The summed E-state index contributed by atoms with van der Waals surface area (Å²) in [6, 6.07) is 7.70. The molecule has 0 radical (unpaired) electrons. The Morgan fingerprint density at radius 1 is 1.42 bits per heavy atom. The molecule has 2 nitrogen and oxygen atoms in total. The maximum atomic E-state index is 6.61. The largest absolute Gasteiger partial charge is 0.497 e. The van der Waals surface area contributed by atoms with Gasteiger partial charge in [-0.1, -0.05) is 0 Å². The minimum atomic E-state index is 0.479. The van der Waals surface area contributed by atoms with Gasteiger partial charge in [0.05, 0.1) is 7.11 Å². The highest BCUT2D eigenvalue weighted by molar-refractivity contribution is 7.99. The molecule has 12 heavy (non-hydrogen) atoms. The average Bonchev–Trinajstić information content (AvgIpc) is 2.15. The van der Waals surface area contributed by atoms with Crippen LogP contribution in [0, 0.1) is 6.57 Å². The number of methoxy groups -OCH3 is 1. The second kappa shape index (κ2) is 4.68. The van der Waals surface area contributed by atoms with Gasteiger partial charge in [0.15, 0.2) is 0 Å². The van der Waals surface area contributed by atoms with Crippen molar-refractivity contribution in [2.24, 2.45) is 0 Å². The molecule has 1 aromatic rings. The number of nitrogens with zero attached hydrogens (tertiary/aromatic N) is 1. The van der Waals surface area contributed by atoms with Crippen LogP contribution in [0.2, 0.25) is 0 Å². The van der Waals surface area contributed by atoms with Crippen molar-refractivity contribution >= 4 is 11.8 Å². The van der Waals surface area contributed by atoms with E-state index in [4.69, 9.17) is 11.3 Å². The molecule has 62 valence electrons. The highest BCUT2D eigenvalue weighted by atomic mass is 32.2. The fraction of sp³-hybridized carbons (Fsp3) is 0.222. The SMILES string of the molecule is [C-]#[N+]CSc1ccc(OC)cc1. The molecule has 0 saturated heterocycles. The van der Waals surface area contributed by atoms with Crippen molar-refractivity contribution in [2.75, 3.05) is 13.0 Å². The van der Waals surface area contributed by atoms with Crippen LogP contribution in [0.15, 0.2) is 29.2 Å². The molecule has 3 heteroatoms. The zero-order chi connectivity index (χ0) is 8.81. The summed E-state index contributed by atoms with van der Waals surface area (Å²) in [6.45, 7) is 6.61. The summed E-state index contributed by atoms with van der Waals surface area (Å²) in [7, 11) is 1.64. The van der Waals surface area contributed by atoms with Gasteiger partial charge in [0.1, 0.15) is 5.75 Å². The van der Waals surface area contributed by atoms with E-state index in [1.807, 2.05) is 24.3 Å². The lowest BCUT2D eigenvalue weighted by molar-refractivity contribution is 0.414. The number of rotatable bonds is 3. The van der Waals surface area contributed by atoms with E-state index < -0.39 is 0 Å². The Hall–Kier alpha value is -1.14. The number of hydrogen-bond acceptors (Lipinski definition) is 2. The Morgan fingerprint density at radius 3 is 2.58 bits per heavy atom. The number of hydrogen-bond donors (Lipinski definition) is 0. The lowest BCUT2D eigenvalue weighted by Gasteiger charge is -1.99. The topological polar surface area (TPSA) is 13.6 Å². The molecule has 0 aliphatic rings. The average molecular weight is 179 g/mol. The molecule has 1 aromatic carbocycles. The third-order valence-electron chi connectivity index (χ3n) is 1.36. The quantitative estimate of drug-likeness (QED) is 0.523. The Bertz CT molecular complexity index is 276. The monoisotopic (exact) mass is 179 g/mol. The molecular weight excluding hydrogens is 170 g/mol. The molecule has 0 N–H and O–H groups in total. The van der Waals surface area contributed by atoms with Crippen molar-refractivity contribution in [1.82, 2.24) is 0 Å². The molecule has 0 unspecified atom stereocenters. The molecule has 0 saturated carbocycles. The normalized spacial score (nSPS) is 9.00. The summed E-state index contributed by atoms with van der Waals surface area (Å²) >= 11 is 1.53. The minimum absolute atomic E-state index is 0.479. The molecule has 0 fully saturated rings. The van der Waals surface area contributed by atoms with Gasteiger partial charge in [-0.25, -0.2) is 6.57 Å². The first-order chi connectivity index (χ1) is 5.86. The Morgan fingerprint density at radius 2 is 2.08 bits per heavy atom. The van der Waals surface area contributed by atoms with Crippen molar-refractivity contribution in [3.05, 3.63) is 35.7 Å². The lowest BCUT2D eigenvalue weighted by Crippen LogP contribution is -1.81. The lowest BCUT2D eigenvalue weighted by atomic mass is 10.3. The van der Waals surface area contributed by atoms with Gasteiger partial charge in [-0.3, -0.25) is 0 Å². The molecule has 0 bridgehead atoms. The predicted molar refractivity (Wildman–Crippen MR) is 50.3 cm³/mol. The van der Waals surface area contributed by atoms with E-state index in [1.165, 1.54) is 11.8 Å². The summed E-state index contributed by atoms with van der Waals surface area (Å²) < 4.78 is 5.00. The van der Waals surface area contributed by atoms with Crippen molar-refractivity contribution in [3.63, 3.8) is 0 Å². The third-order valence-corrected chi connectivity index (χ3v) is 2.22. The van der Waals surface area contributed by atoms with E-state index in [0.29, 0.717) is 5.88 Å². The van der Waals surface area contributed by atoms with E-state index in [2.05, 4.69) is 4.85 Å². The fourth-order valence-electron chi connectivity index (χ4n) is 0.779. The van der Waals surface area contributed by atoms with Crippen LogP contribution in [-0.2, 0) is 0 Å². The van der Waals surface area contributed by atoms with Gasteiger partial charge in [0, 0.05) is 4.90 Å². The summed E-state index contributed by atoms with van der Waals surface area (Å²) in [4.78, 5) is 4.36. The zero-order valence-corrected chi connectivity index (χ0v) is 7.60. The standard InChI is InChI=1S/C9H9NOS/c1-10-7-12-9-5-3-8(11-2)4-6-9/h3-6H,7H2,2H3. The molecule has 0 heterocycles. The Labute approximate surface area is 76.4 Å². The number of thioether (sulfide) groups is 1. The van der Waals surface area contributed by atoms with Crippen LogP contribution >= 0.6 is 11.8 Å². The van der Waals surface area contributed by atoms with Crippen LogP contribution in [0.3, 0.4) is 0 Å². The summed E-state index contributed by atoms with van der Waals surface area (Å²) in [5.41, 5.74) is 0. The first-order valence-electron chi connectivity index (χ1n) is 3.47. The fourth-order valence-corrected chi connectivity index (χ4v) is 1.32. The minimum Gasteiger partial charge on any atom is -0.497 e. The molecular formula is C9H9NOS. The maximum absolute atomic E-state index is 6.61. The van der Waals surface area contributed by atoms with Crippen molar-refractivity contribution in [1.29, 1.82) is 0 Å². The zero-order valence-electron chi connectivity index (χ0n) is 6.78. The van der Waals surface area contributed by atoms with Gasteiger partial charge < -0.3 is 9.58 Å². The molecule has 0 aliphatic carbocycles. The Balaban J connectivity index is 2.60. The highest BCUT2D eigenvalue weighted by Gasteiger charge is 1.95. The van der Waals surface area contributed by atoms with Crippen molar-refractivity contribution in [2.45, 2.75) is 4.90 Å². The van der Waals surface area contributed by atoms with Gasteiger partial charge in [-0.2, -0.15) is 0 Å². The van der Waals surface area contributed by atoms with Gasteiger partial charge in [-0.05, 0) is 36.0 Å². The maximum Gasteiger partial charge on any atom is 0.264 e. The molecule has 0 amide bonds. The molecule has 0 aromatic heterocycles. The summed E-state index contributed by atoms with van der Waals surface area (Å²) in [5, 5.41) is 0.